The zero-order chi connectivity index (χ0) is 20.6. The Kier molecular flexibility index (Phi) is 5.46. The monoisotopic (exact) mass is 414 g/mol. The lowest BCUT2D eigenvalue weighted by Crippen LogP contribution is -2.50. The fourth-order valence-corrected chi connectivity index (χ4v) is 5.46. The second-order valence-electron chi connectivity index (χ2n) is 9.90. The quantitative estimate of drug-likeness (QED) is 0.523. The van der Waals surface area contributed by atoms with Crippen molar-refractivity contribution in [3.8, 4) is 0 Å². The maximum atomic E-state index is 13.0. The van der Waals surface area contributed by atoms with Crippen molar-refractivity contribution in [1.29, 1.82) is 0 Å². The fraction of sp³-hybridized carbons (Fsp3) is 0.636. The van der Waals surface area contributed by atoms with Crippen LogP contribution in [-0.2, 0) is 16.3 Å². The molecule has 4 rings (SSSR count). The van der Waals surface area contributed by atoms with E-state index in [1.54, 1.807) is 0 Å². The average Bonchev–Trinajstić information content (AvgIpc) is 3.19. The van der Waals surface area contributed by atoms with Crippen molar-refractivity contribution in [2.45, 2.75) is 70.1 Å². The Bertz CT molecular complexity index is 883. The topological polar surface area (TPSA) is 50.6 Å². The van der Waals surface area contributed by atoms with E-state index in [0.717, 1.165) is 54.9 Å². The van der Waals surface area contributed by atoms with Crippen molar-refractivity contribution < 1.29 is 9.53 Å². The third-order valence-corrected chi connectivity index (χ3v) is 8.15. The zero-order valence-corrected chi connectivity index (χ0v) is 19.3. The van der Waals surface area contributed by atoms with E-state index in [0.29, 0.717) is 13.4 Å². The highest BCUT2D eigenvalue weighted by Crippen LogP contribution is 2.42. The molecule has 2 aliphatic rings. The van der Waals surface area contributed by atoms with Gasteiger partial charge in [-0.1, -0.05) is 38.9 Å². The van der Waals surface area contributed by atoms with Crippen LogP contribution in [-0.4, -0.2) is 54.5 Å². The molecule has 1 aromatic heterocycles. The van der Waals surface area contributed by atoms with Gasteiger partial charge in [-0.2, -0.15) is 5.10 Å². The van der Waals surface area contributed by atoms with E-state index in [2.05, 4.69) is 47.8 Å². The number of amides is 1. The van der Waals surface area contributed by atoms with Crippen LogP contribution in [0.5, 0.6) is 0 Å². The minimum absolute atomic E-state index is 0.281. The Balaban J connectivity index is 1.53. The van der Waals surface area contributed by atoms with Gasteiger partial charge in [-0.15, -0.1) is 0 Å². The summed E-state index contributed by atoms with van der Waals surface area (Å²) < 4.78 is 7.82. The van der Waals surface area contributed by atoms with Crippen LogP contribution >= 0.6 is 0 Å². The number of hydrogen-bond donors (Lipinski definition) is 0. The van der Waals surface area contributed by atoms with E-state index in [1.165, 1.54) is 6.42 Å². The molecule has 0 N–H and O–H groups in total. The van der Waals surface area contributed by atoms with Crippen molar-refractivity contribution >= 4 is 30.6 Å². The van der Waals surface area contributed by atoms with E-state index < -0.39 is 8.07 Å². The summed E-state index contributed by atoms with van der Waals surface area (Å²) >= 11 is 0. The van der Waals surface area contributed by atoms with Gasteiger partial charge in [0.25, 0.3) is 0 Å². The number of rotatable bonds is 6. The van der Waals surface area contributed by atoms with E-state index >= 15 is 0 Å². The van der Waals surface area contributed by atoms with Gasteiger partial charge in [-0.05, 0) is 37.1 Å². The van der Waals surface area contributed by atoms with Gasteiger partial charge in [0.1, 0.15) is 12.3 Å². The summed E-state index contributed by atoms with van der Waals surface area (Å²) in [7, 11) is 0.845. The van der Waals surface area contributed by atoms with Gasteiger partial charge in [-0.3, -0.25) is 4.79 Å². The molecule has 1 saturated heterocycles. The second kappa shape index (κ2) is 7.76. The number of fused-ring (bicyclic) bond motifs is 1. The largest absolute Gasteiger partial charge is 0.360 e. The highest BCUT2D eigenvalue weighted by Gasteiger charge is 2.51. The first-order valence-corrected chi connectivity index (χ1v) is 14.6. The number of nitrogens with zero attached hydrogens (tertiary/aromatic N) is 4. The third-order valence-electron chi connectivity index (χ3n) is 6.44. The first kappa shape index (κ1) is 20.4. The molecule has 1 aromatic carbocycles. The smallest absolute Gasteiger partial charge is 0.249 e. The molecule has 1 aliphatic carbocycles. The maximum absolute atomic E-state index is 13.0. The molecule has 2 heterocycles. The molecule has 0 unspecified atom stereocenters. The Morgan fingerprint density at radius 1 is 1.17 bits per heavy atom. The van der Waals surface area contributed by atoms with Crippen molar-refractivity contribution in [3.63, 3.8) is 0 Å². The van der Waals surface area contributed by atoms with Gasteiger partial charge in [0.05, 0.1) is 18.4 Å². The van der Waals surface area contributed by atoms with Gasteiger partial charge >= 0.3 is 0 Å². The molecule has 1 saturated carbocycles. The van der Waals surface area contributed by atoms with Crippen molar-refractivity contribution in [2.24, 2.45) is 0 Å². The number of benzene rings is 1. The Hall–Kier alpha value is -1.86. The van der Waals surface area contributed by atoms with Crippen LogP contribution in [0.1, 0.15) is 32.1 Å². The first-order chi connectivity index (χ1) is 13.8. The highest BCUT2D eigenvalue weighted by molar-refractivity contribution is 6.76. The maximum Gasteiger partial charge on any atom is 0.249 e. The molecule has 1 amide bonds. The molecule has 1 spiro atoms. The fourth-order valence-electron chi connectivity index (χ4n) is 4.71. The van der Waals surface area contributed by atoms with Crippen LogP contribution in [0.3, 0.4) is 0 Å². The molecular weight excluding hydrogens is 380 g/mol. The van der Waals surface area contributed by atoms with Crippen LogP contribution in [0, 0.1) is 0 Å². The second-order valence-corrected chi connectivity index (χ2v) is 15.5. The molecule has 0 atom stereocenters. The van der Waals surface area contributed by atoms with Gasteiger partial charge < -0.3 is 14.5 Å². The van der Waals surface area contributed by atoms with Gasteiger partial charge in [0.2, 0.25) is 5.91 Å². The van der Waals surface area contributed by atoms with E-state index in [4.69, 9.17) is 4.74 Å². The van der Waals surface area contributed by atoms with Crippen molar-refractivity contribution in [3.05, 3.63) is 24.4 Å². The molecule has 7 heteroatoms. The molecule has 6 nitrogen and oxygen atoms in total. The number of anilines is 1. The molecule has 0 bridgehead atoms. The van der Waals surface area contributed by atoms with Crippen molar-refractivity contribution in [1.82, 2.24) is 14.7 Å². The lowest BCUT2D eigenvalue weighted by Gasteiger charge is -2.39. The molecular formula is C22H34N4O2Si. The lowest BCUT2D eigenvalue weighted by molar-refractivity contribution is -0.132. The number of likely N-dealkylation sites (N-methyl/N-ethyl adjacent to an activating group) is 1. The summed E-state index contributed by atoms with van der Waals surface area (Å²) in [4.78, 5) is 17.2. The lowest BCUT2D eigenvalue weighted by atomic mass is 9.80. The van der Waals surface area contributed by atoms with E-state index in [-0.39, 0.29) is 11.4 Å². The van der Waals surface area contributed by atoms with Crippen LogP contribution in [0.25, 0.3) is 10.9 Å². The van der Waals surface area contributed by atoms with Crippen LogP contribution in [0.4, 0.5) is 5.69 Å². The average molecular weight is 415 g/mol. The molecule has 2 aromatic rings. The number of carbonyl (C=O) groups is 1. The summed E-state index contributed by atoms with van der Waals surface area (Å²) in [5, 5.41) is 5.64. The minimum atomic E-state index is -1.08. The van der Waals surface area contributed by atoms with Gasteiger partial charge in [0, 0.05) is 32.8 Å². The van der Waals surface area contributed by atoms with E-state index in [9.17, 15) is 4.79 Å². The van der Waals surface area contributed by atoms with E-state index in [1.807, 2.05) is 22.8 Å². The molecule has 0 radical (unpaired) electrons. The third kappa shape index (κ3) is 3.94. The van der Waals surface area contributed by atoms with Crippen molar-refractivity contribution in [2.75, 3.05) is 25.2 Å². The minimum Gasteiger partial charge on any atom is -0.360 e. The number of hydrogen-bond acceptors (Lipinski definition) is 4. The molecule has 2 fully saturated rings. The number of ether oxygens (including phenoxy) is 1. The summed E-state index contributed by atoms with van der Waals surface area (Å²) in [5.41, 5.74) is 1.85. The molecule has 29 heavy (non-hydrogen) atoms. The predicted octanol–water partition coefficient (Wildman–Crippen LogP) is 4.29. The zero-order valence-electron chi connectivity index (χ0n) is 18.3. The normalized spacial score (nSPS) is 19.7. The predicted molar refractivity (Wildman–Crippen MR) is 120 cm³/mol. The first-order valence-electron chi connectivity index (χ1n) is 10.9. The summed E-state index contributed by atoms with van der Waals surface area (Å²) in [6.45, 7) is 9.03. The Morgan fingerprint density at radius 2 is 1.93 bits per heavy atom. The van der Waals surface area contributed by atoms with Crippen LogP contribution in [0.2, 0.25) is 25.7 Å². The van der Waals surface area contributed by atoms with Crippen LogP contribution < -0.4 is 4.90 Å². The SMILES string of the molecule is CN1CN(c2ccc3c(cnn3COCC[Si](C)(C)C)c2)C2(CCCCC2)C1=O. The standard InChI is InChI=1S/C22H34N4O2Si/c1-24-16-25(22(21(24)27)10-6-5-7-11-22)19-8-9-20-18(14-19)15-23-26(20)17-28-12-13-29(2,3)4/h8-9,14-15H,5-7,10-13,16-17H2,1-4H3. The highest BCUT2D eigenvalue weighted by atomic mass is 28.3. The number of aromatic nitrogens is 2. The van der Waals surface area contributed by atoms with Gasteiger partial charge in [-0.25, -0.2) is 4.68 Å². The summed E-state index contributed by atoms with van der Waals surface area (Å²) in [6.07, 6.45) is 7.32. The van der Waals surface area contributed by atoms with Gasteiger partial charge in [0.15, 0.2) is 0 Å². The summed E-state index contributed by atoms with van der Waals surface area (Å²) in [5.74, 6) is 0.281. The van der Waals surface area contributed by atoms with Crippen LogP contribution in [0.15, 0.2) is 24.4 Å². The molecule has 1 aliphatic heterocycles. The Labute approximate surface area is 174 Å². The summed E-state index contributed by atoms with van der Waals surface area (Å²) in [6, 6.07) is 7.61. The Morgan fingerprint density at radius 3 is 2.66 bits per heavy atom. The number of carbonyl (C=O) groups excluding carboxylic acids is 1. The molecule has 158 valence electrons.